The molecule has 0 unspecified atom stereocenters. The van der Waals surface area contributed by atoms with Gasteiger partial charge in [-0.1, -0.05) is 11.3 Å². The predicted octanol–water partition coefficient (Wildman–Crippen LogP) is -0.388. The van der Waals surface area contributed by atoms with Gasteiger partial charge in [-0.3, -0.25) is 10.1 Å². The van der Waals surface area contributed by atoms with Crippen molar-refractivity contribution in [3.63, 3.8) is 0 Å². The number of ether oxygens (including phenoxy) is 1. The lowest BCUT2D eigenvalue weighted by Gasteiger charge is -2.03. The maximum absolute atomic E-state index is 11.7. The van der Waals surface area contributed by atoms with Crippen LogP contribution >= 0.6 is 11.3 Å². The number of amides is 1. The molecule has 0 saturated carbocycles. The molecule has 19 heavy (non-hydrogen) atoms. The smallest absolute Gasteiger partial charge is 0.404 e. The number of sulfonamides is 1. The van der Waals surface area contributed by atoms with Crippen molar-refractivity contribution in [1.29, 1.82) is 0 Å². The quantitative estimate of drug-likeness (QED) is 0.365. The standard InChI is InChI=1S/C7H10N4O6S2/c8-6-4(11(13)14)3-5(18-6)19(15,16)10-1-2-17-7(9)12/h3,10H,1-2,8H2,(H2,9,12). The zero-order chi connectivity index (χ0) is 14.6. The zero-order valence-corrected chi connectivity index (χ0v) is 11.0. The summed E-state index contributed by atoms with van der Waals surface area (Å²) in [6, 6.07) is 0.858. The molecule has 1 amide bonds. The Morgan fingerprint density at radius 3 is 2.68 bits per heavy atom. The Labute approximate surface area is 111 Å². The molecule has 0 fully saturated rings. The first-order valence-electron chi connectivity index (χ1n) is 4.69. The molecule has 0 radical (unpaired) electrons. The molecule has 0 aromatic carbocycles. The average Bonchev–Trinajstić information content (AvgIpc) is 2.67. The van der Waals surface area contributed by atoms with Crippen LogP contribution in [0.4, 0.5) is 15.5 Å². The number of primary amides is 1. The van der Waals surface area contributed by atoms with E-state index in [0.29, 0.717) is 11.3 Å². The number of nitrogens with two attached hydrogens (primary N) is 2. The number of anilines is 1. The van der Waals surface area contributed by atoms with Crippen molar-refractivity contribution in [1.82, 2.24) is 4.72 Å². The van der Waals surface area contributed by atoms with Crippen LogP contribution < -0.4 is 16.2 Å². The van der Waals surface area contributed by atoms with Gasteiger partial charge in [0.25, 0.3) is 10.0 Å². The molecule has 0 atom stereocenters. The number of thiophene rings is 1. The number of carbonyl (C=O) groups excluding carboxylic acids is 1. The van der Waals surface area contributed by atoms with Gasteiger partial charge >= 0.3 is 11.8 Å². The molecule has 106 valence electrons. The van der Waals surface area contributed by atoms with Gasteiger partial charge in [0.1, 0.15) is 10.8 Å². The van der Waals surface area contributed by atoms with Gasteiger partial charge in [-0.15, -0.1) is 0 Å². The number of carbonyl (C=O) groups is 1. The van der Waals surface area contributed by atoms with Crippen LogP contribution in [0.15, 0.2) is 10.3 Å². The summed E-state index contributed by atoms with van der Waals surface area (Å²) in [5.74, 6) is 0. The van der Waals surface area contributed by atoms with Gasteiger partial charge in [0.2, 0.25) is 0 Å². The van der Waals surface area contributed by atoms with E-state index in [4.69, 9.17) is 5.73 Å². The van der Waals surface area contributed by atoms with Crippen molar-refractivity contribution >= 4 is 38.1 Å². The van der Waals surface area contributed by atoms with E-state index in [2.05, 4.69) is 15.2 Å². The SMILES string of the molecule is NC(=O)OCCNS(=O)(=O)c1cc([N+](=O)[O-])c(N)s1. The predicted molar refractivity (Wildman–Crippen MR) is 66.1 cm³/mol. The Bertz CT molecular complexity index is 595. The Hall–Kier alpha value is -1.92. The third kappa shape index (κ3) is 4.04. The van der Waals surface area contributed by atoms with Gasteiger partial charge < -0.3 is 16.2 Å². The highest BCUT2D eigenvalue weighted by Crippen LogP contribution is 2.34. The molecule has 5 N–H and O–H groups in total. The largest absolute Gasteiger partial charge is 0.448 e. The number of nitro groups is 1. The summed E-state index contributed by atoms with van der Waals surface area (Å²) in [6.07, 6.45) is -1.03. The lowest BCUT2D eigenvalue weighted by molar-refractivity contribution is -0.383. The summed E-state index contributed by atoms with van der Waals surface area (Å²) in [5.41, 5.74) is 9.54. The molecule has 1 aromatic rings. The molecule has 0 aliphatic carbocycles. The molecule has 0 spiro atoms. The summed E-state index contributed by atoms with van der Waals surface area (Å²) in [6.45, 7) is -0.464. The number of rotatable bonds is 6. The van der Waals surface area contributed by atoms with Crippen LogP contribution in [0.1, 0.15) is 0 Å². The van der Waals surface area contributed by atoms with Crippen molar-refractivity contribution in [2.75, 3.05) is 18.9 Å². The molecule has 0 aliphatic rings. The van der Waals surface area contributed by atoms with Crippen LogP contribution in [0.3, 0.4) is 0 Å². The van der Waals surface area contributed by atoms with E-state index in [-0.39, 0.29) is 22.4 Å². The Kier molecular flexibility index (Phi) is 4.63. The minimum atomic E-state index is -3.94. The fourth-order valence-corrected chi connectivity index (χ4v) is 3.32. The second-order valence-electron chi connectivity index (χ2n) is 3.14. The van der Waals surface area contributed by atoms with E-state index in [1.807, 2.05) is 0 Å². The number of nitrogens with one attached hydrogen (secondary N) is 1. The van der Waals surface area contributed by atoms with Crippen LogP contribution in [0.25, 0.3) is 0 Å². The fourth-order valence-electron chi connectivity index (χ4n) is 1.05. The van der Waals surface area contributed by atoms with Crippen molar-refractivity contribution in [2.24, 2.45) is 5.73 Å². The van der Waals surface area contributed by atoms with Crippen LogP contribution in [0.2, 0.25) is 0 Å². The molecule has 1 heterocycles. The molecule has 0 saturated heterocycles. The Morgan fingerprint density at radius 1 is 1.58 bits per heavy atom. The minimum Gasteiger partial charge on any atom is -0.448 e. The van der Waals surface area contributed by atoms with E-state index in [1.54, 1.807) is 0 Å². The molecule has 1 rings (SSSR count). The van der Waals surface area contributed by atoms with E-state index < -0.39 is 26.7 Å². The molecule has 0 bridgehead atoms. The fraction of sp³-hybridized carbons (Fsp3) is 0.286. The van der Waals surface area contributed by atoms with Gasteiger partial charge in [0, 0.05) is 12.6 Å². The number of hydrogen-bond donors (Lipinski definition) is 3. The molecule has 1 aromatic heterocycles. The van der Waals surface area contributed by atoms with E-state index in [0.717, 1.165) is 6.07 Å². The zero-order valence-electron chi connectivity index (χ0n) is 9.36. The maximum Gasteiger partial charge on any atom is 0.404 e. The molecular formula is C7H10N4O6S2. The Morgan fingerprint density at radius 2 is 2.21 bits per heavy atom. The lowest BCUT2D eigenvalue weighted by Crippen LogP contribution is -2.28. The van der Waals surface area contributed by atoms with Gasteiger partial charge in [-0.05, 0) is 0 Å². The molecular weight excluding hydrogens is 300 g/mol. The second-order valence-corrected chi connectivity index (χ2v) is 6.21. The van der Waals surface area contributed by atoms with Gasteiger partial charge in [0.15, 0.2) is 5.00 Å². The highest BCUT2D eigenvalue weighted by atomic mass is 32.2. The lowest BCUT2D eigenvalue weighted by atomic mass is 10.5. The van der Waals surface area contributed by atoms with Crippen molar-refractivity contribution < 1.29 is 22.9 Å². The number of nitrogen functional groups attached to an aromatic ring is 1. The van der Waals surface area contributed by atoms with Crippen molar-refractivity contribution in [2.45, 2.75) is 4.21 Å². The van der Waals surface area contributed by atoms with Crippen LogP contribution in [-0.2, 0) is 14.8 Å². The first-order chi connectivity index (χ1) is 8.74. The number of hydrogen-bond acceptors (Lipinski definition) is 8. The summed E-state index contributed by atoms with van der Waals surface area (Å²) in [4.78, 5) is 20.0. The minimum absolute atomic E-state index is 0.209. The van der Waals surface area contributed by atoms with Crippen LogP contribution in [-0.4, -0.2) is 32.6 Å². The molecule has 0 aliphatic heterocycles. The van der Waals surface area contributed by atoms with E-state index in [9.17, 15) is 23.3 Å². The normalized spacial score (nSPS) is 11.2. The third-order valence-electron chi connectivity index (χ3n) is 1.82. The monoisotopic (exact) mass is 310 g/mol. The van der Waals surface area contributed by atoms with Crippen LogP contribution in [0.5, 0.6) is 0 Å². The maximum atomic E-state index is 11.7. The van der Waals surface area contributed by atoms with E-state index >= 15 is 0 Å². The van der Waals surface area contributed by atoms with Gasteiger partial charge in [-0.25, -0.2) is 17.9 Å². The van der Waals surface area contributed by atoms with Gasteiger partial charge in [0.05, 0.1) is 4.92 Å². The van der Waals surface area contributed by atoms with Crippen molar-refractivity contribution in [3.05, 3.63) is 16.2 Å². The van der Waals surface area contributed by atoms with Crippen LogP contribution in [0, 0.1) is 10.1 Å². The average molecular weight is 310 g/mol. The Balaban J connectivity index is 2.75. The summed E-state index contributed by atoms with van der Waals surface area (Å²) in [5, 5.41) is 10.3. The summed E-state index contributed by atoms with van der Waals surface area (Å²) in [7, 11) is -3.94. The van der Waals surface area contributed by atoms with E-state index in [1.165, 1.54) is 0 Å². The first-order valence-corrected chi connectivity index (χ1v) is 6.99. The first kappa shape index (κ1) is 15.1. The molecule has 12 heteroatoms. The summed E-state index contributed by atoms with van der Waals surface area (Å²) >= 11 is 0.567. The van der Waals surface area contributed by atoms with Gasteiger partial charge in [-0.2, -0.15) is 0 Å². The second kappa shape index (κ2) is 5.81. The summed E-state index contributed by atoms with van der Waals surface area (Å²) < 4.78 is 29.5. The van der Waals surface area contributed by atoms with Crippen molar-refractivity contribution in [3.8, 4) is 0 Å². The highest BCUT2D eigenvalue weighted by Gasteiger charge is 2.24. The topological polar surface area (TPSA) is 168 Å². The highest BCUT2D eigenvalue weighted by molar-refractivity contribution is 7.91. The third-order valence-corrected chi connectivity index (χ3v) is 4.71. The number of nitrogens with zero attached hydrogens (tertiary/aromatic N) is 1. The molecule has 10 nitrogen and oxygen atoms in total.